The van der Waals surface area contributed by atoms with Gasteiger partial charge in [-0.3, -0.25) is 9.97 Å². The molecule has 0 radical (unpaired) electrons. The molecule has 0 aliphatic carbocycles. The van der Waals surface area contributed by atoms with Gasteiger partial charge < -0.3 is 9.26 Å². The van der Waals surface area contributed by atoms with E-state index in [-0.39, 0.29) is 0 Å². The maximum atomic E-state index is 5.71. The van der Waals surface area contributed by atoms with Crippen molar-refractivity contribution in [2.45, 2.75) is 20.4 Å². The number of rotatable bonds is 4. The van der Waals surface area contributed by atoms with E-state index in [2.05, 4.69) is 25.4 Å². The predicted octanol–water partition coefficient (Wildman–Crippen LogP) is 3.70. The molecule has 0 unspecified atom stereocenters. The van der Waals surface area contributed by atoms with E-state index in [0.29, 0.717) is 12.3 Å². The highest BCUT2D eigenvalue weighted by Crippen LogP contribution is 2.38. The summed E-state index contributed by atoms with van der Waals surface area (Å²) in [5.41, 5.74) is 5.96. The van der Waals surface area contributed by atoms with Crippen LogP contribution in [0.15, 0.2) is 47.2 Å². The fourth-order valence-electron chi connectivity index (χ4n) is 3.67. The molecule has 0 aliphatic rings. The van der Waals surface area contributed by atoms with Gasteiger partial charge in [-0.25, -0.2) is 4.68 Å². The molecule has 1 aromatic carbocycles. The van der Waals surface area contributed by atoms with Crippen molar-refractivity contribution < 1.29 is 9.26 Å². The Morgan fingerprint density at radius 3 is 2.72 bits per heavy atom. The molecular formula is C21H18N6O2. The van der Waals surface area contributed by atoms with E-state index in [1.165, 1.54) is 0 Å². The molecule has 144 valence electrons. The van der Waals surface area contributed by atoms with Gasteiger partial charge in [-0.2, -0.15) is 0 Å². The molecule has 5 aromatic rings. The van der Waals surface area contributed by atoms with Crippen LogP contribution in [0.4, 0.5) is 0 Å². The van der Waals surface area contributed by atoms with E-state index in [4.69, 9.17) is 9.26 Å². The summed E-state index contributed by atoms with van der Waals surface area (Å²) in [6.07, 6.45) is 3.51. The molecule has 4 aromatic heterocycles. The Labute approximate surface area is 166 Å². The standard InChI is InChI=1S/C21H18N6O2/c1-12-20(13(2)29-25-12)16-8-17-15(9-19(16)28-3)21-18(10-23-17)24-26-27(21)11-14-6-4-5-7-22-14/h4-10H,11H2,1-3H3. The topological polar surface area (TPSA) is 91.8 Å². The smallest absolute Gasteiger partial charge is 0.141 e. The summed E-state index contributed by atoms with van der Waals surface area (Å²) in [5, 5.41) is 13.6. The molecule has 0 bridgehead atoms. The highest BCUT2D eigenvalue weighted by atomic mass is 16.5. The lowest BCUT2D eigenvalue weighted by molar-refractivity contribution is 0.393. The minimum atomic E-state index is 0.518. The number of aryl methyl sites for hydroxylation is 2. The molecule has 29 heavy (non-hydrogen) atoms. The number of ether oxygens (including phenoxy) is 1. The number of hydrogen-bond donors (Lipinski definition) is 0. The fourth-order valence-corrected chi connectivity index (χ4v) is 3.67. The van der Waals surface area contributed by atoms with Gasteiger partial charge in [0, 0.05) is 17.1 Å². The predicted molar refractivity (Wildman–Crippen MR) is 108 cm³/mol. The third kappa shape index (κ3) is 2.80. The van der Waals surface area contributed by atoms with Crippen LogP contribution in [0.5, 0.6) is 5.75 Å². The van der Waals surface area contributed by atoms with Crippen molar-refractivity contribution in [2.24, 2.45) is 0 Å². The SMILES string of the molecule is COc1cc2c(cc1-c1c(C)noc1C)ncc1nnn(Cc3ccccn3)c12. The Morgan fingerprint density at radius 2 is 2.00 bits per heavy atom. The van der Waals surface area contributed by atoms with Crippen LogP contribution in [0.25, 0.3) is 33.1 Å². The monoisotopic (exact) mass is 386 g/mol. The number of benzene rings is 1. The van der Waals surface area contributed by atoms with Crippen molar-refractivity contribution >= 4 is 21.9 Å². The second-order valence-corrected chi connectivity index (χ2v) is 6.83. The van der Waals surface area contributed by atoms with Crippen LogP contribution < -0.4 is 4.74 Å². The zero-order valence-electron chi connectivity index (χ0n) is 16.2. The number of aromatic nitrogens is 6. The van der Waals surface area contributed by atoms with Gasteiger partial charge in [0.1, 0.15) is 22.5 Å². The van der Waals surface area contributed by atoms with Gasteiger partial charge in [0.15, 0.2) is 0 Å². The number of nitrogens with zero attached hydrogens (tertiary/aromatic N) is 6. The van der Waals surface area contributed by atoms with Crippen LogP contribution in [-0.4, -0.2) is 37.2 Å². The molecule has 8 nitrogen and oxygen atoms in total. The third-order valence-corrected chi connectivity index (χ3v) is 5.00. The molecule has 0 spiro atoms. The first-order valence-electron chi connectivity index (χ1n) is 9.19. The summed E-state index contributed by atoms with van der Waals surface area (Å²) >= 11 is 0. The Morgan fingerprint density at radius 1 is 1.10 bits per heavy atom. The van der Waals surface area contributed by atoms with Crippen LogP contribution in [0.1, 0.15) is 17.1 Å². The molecule has 0 saturated heterocycles. The molecule has 0 saturated carbocycles. The molecule has 0 fully saturated rings. The van der Waals surface area contributed by atoms with Crippen LogP contribution >= 0.6 is 0 Å². The molecule has 0 aliphatic heterocycles. The average Bonchev–Trinajstić information content (AvgIpc) is 3.30. The second-order valence-electron chi connectivity index (χ2n) is 6.83. The van der Waals surface area contributed by atoms with E-state index >= 15 is 0 Å². The van der Waals surface area contributed by atoms with Crippen molar-refractivity contribution in [3.05, 3.63) is 59.9 Å². The lowest BCUT2D eigenvalue weighted by atomic mass is 10.0. The normalized spacial score (nSPS) is 11.4. The van der Waals surface area contributed by atoms with Gasteiger partial charge in [-0.15, -0.1) is 5.10 Å². The Bertz CT molecular complexity index is 1320. The summed E-state index contributed by atoms with van der Waals surface area (Å²) in [7, 11) is 1.65. The summed E-state index contributed by atoms with van der Waals surface area (Å²) in [4.78, 5) is 8.99. The quantitative estimate of drug-likeness (QED) is 0.465. The summed E-state index contributed by atoms with van der Waals surface area (Å²) in [6, 6.07) is 9.79. The van der Waals surface area contributed by atoms with E-state index in [0.717, 1.165) is 50.2 Å². The largest absolute Gasteiger partial charge is 0.496 e. The lowest BCUT2D eigenvalue weighted by Crippen LogP contribution is -2.04. The average molecular weight is 386 g/mol. The zero-order valence-corrected chi connectivity index (χ0v) is 16.2. The second kappa shape index (κ2) is 6.66. The van der Waals surface area contributed by atoms with Gasteiger partial charge in [0.25, 0.3) is 0 Å². The van der Waals surface area contributed by atoms with E-state index in [1.54, 1.807) is 19.5 Å². The number of fused-ring (bicyclic) bond motifs is 3. The van der Waals surface area contributed by atoms with Gasteiger partial charge in [-0.1, -0.05) is 16.4 Å². The maximum absolute atomic E-state index is 5.71. The first-order valence-corrected chi connectivity index (χ1v) is 9.19. The Kier molecular flexibility index (Phi) is 3.97. The van der Waals surface area contributed by atoms with Gasteiger partial charge >= 0.3 is 0 Å². The van der Waals surface area contributed by atoms with E-state index < -0.39 is 0 Å². The van der Waals surface area contributed by atoms with Crippen molar-refractivity contribution in [1.29, 1.82) is 0 Å². The minimum absolute atomic E-state index is 0.518. The van der Waals surface area contributed by atoms with Crippen molar-refractivity contribution in [3.8, 4) is 16.9 Å². The molecular weight excluding hydrogens is 368 g/mol. The Balaban J connectivity index is 1.74. The molecule has 0 amide bonds. The first kappa shape index (κ1) is 17.3. The maximum Gasteiger partial charge on any atom is 0.141 e. The highest BCUT2D eigenvalue weighted by molar-refractivity contribution is 6.04. The molecule has 8 heteroatoms. The van der Waals surface area contributed by atoms with Crippen molar-refractivity contribution in [2.75, 3.05) is 7.11 Å². The van der Waals surface area contributed by atoms with Crippen molar-refractivity contribution in [1.82, 2.24) is 30.1 Å². The summed E-state index contributed by atoms with van der Waals surface area (Å²) in [5.74, 6) is 1.45. The molecule has 0 atom stereocenters. The molecule has 4 heterocycles. The van der Waals surface area contributed by atoms with Crippen LogP contribution in [0.3, 0.4) is 0 Å². The van der Waals surface area contributed by atoms with Crippen LogP contribution in [0, 0.1) is 13.8 Å². The van der Waals surface area contributed by atoms with E-state index in [1.807, 2.05) is 48.9 Å². The van der Waals surface area contributed by atoms with E-state index in [9.17, 15) is 0 Å². The first-order chi connectivity index (χ1) is 14.2. The van der Waals surface area contributed by atoms with Crippen LogP contribution in [0.2, 0.25) is 0 Å². The molecule has 5 rings (SSSR count). The summed E-state index contributed by atoms with van der Waals surface area (Å²) < 4.78 is 12.9. The number of methoxy groups -OCH3 is 1. The highest BCUT2D eigenvalue weighted by Gasteiger charge is 2.19. The third-order valence-electron chi connectivity index (χ3n) is 5.00. The number of hydrogen-bond acceptors (Lipinski definition) is 7. The Hall–Kier alpha value is -3.81. The molecule has 0 N–H and O–H groups in total. The zero-order chi connectivity index (χ0) is 20.0. The van der Waals surface area contributed by atoms with Crippen molar-refractivity contribution in [3.63, 3.8) is 0 Å². The minimum Gasteiger partial charge on any atom is -0.496 e. The van der Waals surface area contributed by atoms with Crippen LogP contribution in [-0.2, 0) is 6.54 Å². The van der Waals surface area contributed by atoms with Gasteiger partial charge in [0.2, 0.25) is 0 Å². The lowest BCUT2D eigenvalue weighted by Gasteiger charge is -2.11. The van der Waals surface area contributed by atoms with Gasteiger partial charge in [-0.05, 0) is 38.1 Å². The fraction of sp³-hybridized carbons (Fsp3) is 0.190. The van der Waals surface area contributed by atoms with Gasteiger partial charge in [0.05, 0.1) is 42.3 Å². The summed E-state index contributed by atoms with van der Waals surface area (Å²) in [6.45, 7) is 4.32. The number of pyridine rings is 2.